The Morgan fingerprint density at radius 1 is 1.10 bits per heavy atom. The Morgan fingerprint density at radius 3 is 2.30 bits per heavy atom. The summed E-state index contributed by atoms with van der Waals surface area (Å²) in [6.07, 6.45) is 14.4. The molecule has 1 rings (SSSR count). The molecule has 0 unspecified atom stereocenters. The van der Waals surface area contributed by atoms with Crippen molar-refractivity contribution in [2.45, 2.75) is 64.8 Å². The van der Waals surface area contributed by atoms with Crippen LogP contribution in [-0.4, -0.2) is 5.91 Å². The van der Waals surface area contributed by atoms with Crippen LogP contribution in [0, 0.1) is 0 Å². The van der Waals surface area contributed by atoms with Crippen molar-refractivity contribution in [2.24, 2.45) is 5.73 Å². The standard InChI is InChI=1S/C16H26N2O.HI/c1-2-3-4-5-6-7-8-9-12-18-13-10-11-15(14-18)16(17)19;/h10-11,13-14H,2-9,12H2,1H3,(H-,17,19);1H. The number of nitrogens with zero attached hydrogens (tertiary/aromatic N) is 1. The maximum atomic E-state index is 11.1. The van der Waals surface area contributed by atoms with Gasteiger partial charge in [-0.15, -0.1) is 0 Å². The van der Waals surface area contributed by atoms with Crippen molar-refractivity contribution in [1.82, 2.24) is 0 Å². The molecule has 0 saturated heterocycles. The number of carbonyl (C=O) groups excluding carboxylic acids is 1. The molecular formula is C16H27IN2O. The summed E-state index contributed by atoms with van der Waals surface area (Å²) in [5.41, 5.74) is 5.85. The third-order valence-electron chi connectivity index (χ3n) is 3.41. The molecule has 1 heterocycles. The van der Waals surface area contributed by atoms with Gasteiger partial charge >= 0.3 is 0 Å². The van der Waals surface area contributed by atoms with E-state index in [1.54, 1.807) is 6.07 Å². The summed E-state index contributed by atoms with van der Waals surface area (Å²) in [4.78, 5) is 11.1. The van der Waals surface area contributed by atoms with E-state index < -0.39 is 0 Å². The number of aryl methyl sites for hydroxylation is 1. The van der Waals surface area contributed by atoms with E-state index in [-0.39, 0.29) is 29.9 Å². The Labute approximate surface area is 140 Å². The SMILES string of the molecule is CCCCCCCCCC[n+]1cccc(C(N)=O)c1.[I-]. The number of hydrogen-bond donors (Lipinski definition) is 1. The number of halogens is 1. The zero-order valence-electron chi connectivity index (χ0n) is 12.5. The molecule has 0 aromatic carbocycles. The van der Waals surface area contributed by atoms with Gasteiger partial charge in [-0.3, -0.25) is 4.79 Å². The average molecular weight is 390 g/mol. The molecule has 1 aromatic heterocycles. The highest BCUT2D eigenvalue weighted by atomic mass is 127. The molecule has 0 radical (unpaired) electrons. The Hall–Kier alpha value is -0.650. The number of nitrogens with two attached hydrogens (primary N) is 1. The topological polar surface area (TPSA) is 47.0 Å². The fraction of sp³-hybridized carbons (Fsp3) is 0.625. The summed E-state index contributed by atoms with van der Waals surface area (Å²) in [5.74, 6) is -0.356. The van der Waals surface area contributed by atoms with Crippen molar-refractivity contribution in [3.05, 3.63) is 30.1 Å². The highest BCUT2D eigenvalue weighted by molar-refractivity contribution is 5.92. The first-order valence-corrected chi connectivity index (χ1v) is 7.53. The van der Waals surface area contributed by atoms with Gasteiger partial charge < -0.3 is 29.7 Å². The van der Waals surface area contributed by atoms with Gasteiger partial charge in [0.05, 0.1) is 0 Å². The third kappa shape index (κ3) is 8.51. The minimum absolute atomic E-state index is 0. The summed E-state index contributed by atoms with van der Waals surface area (Å²) in [7, 11) is 0. The number of carbonyl (C=O) groups is 1. The van der Waals surface area contributed by atoms with E-state index in [4.69, 9.17) is 5.73 Å². The molecule has 1 aromatic rings. The summed E-state index contributed by atoms with van der Waals surface area (Å²) in [6, 6.07) is 3.64. The quantitative estimate of drug-likeness (QED) is 0.347. The lowest BCUT2D eigenvalue weighted by molar-refractivity contribution is -0.697. The summed E-state index contributed by atoms with van der Waals surface area (Å²) in [6.45, 7) is 3.22. The second-order valence-corrected chi connectivity index (χ2v) is 5.17. The van der Waals surface area contributed by atoms with Gasteiger partial charge in [-0.05, 0) is 12.5 Å². The summed E-state index contributed by atoms with van der Waals surface area (Å²) >= 11 is 0. The first-order valence-electron chi connectivity index (χ1n) is 7.53. The van der Waals surface area contributed by atoms with Crippen LogP contribution < -0.4 is 34.3 Å². The van der Waals surface area contributed by atoms with E-state index in [1.165, 1.54) is 51.4 Å². The molecule has 0 aliphatic heterocycles. The number of hydrogen-bond acceptors (Lipinski definition) is 1. The van der Waals surface area contributed by atoms with Gasteiger partial charge in [-0.1, -0.05) is 45.4 Å². The Kier molecular flexibility index (Phi) is 11.7. The minimum Gasteiger partial charge on any atom is -1.00 e. The fourth-order valence-electron chi connectivity index (χ4n) is 2.24. The first-order chi connectivity index (χ1) is 9.24. The third-order valence-corrected chi connectivity index (χ3v) is 3.41. The highest BCUT2D eigenvalue weighted by Gasteiger charge is 2.06. The van der Waals surface area contributed by atoms with Crippen molar-refractivity contribution in [1.29, 1.82) is 0 Å². The van der Waals surface area contributed by atoms with Gasteiger partial charge in [-0.25, -0.2) is 4.57 Å². The molecule has 4 heteroatoms. The number of rotatable bonds is 10. The zero-order valence-corrected chi connectivity index (χ0v) is 14.6. The van der Waals surface area contributed by atoms with Crippen molar-refractivity contribution >= 4 is 5.91 Å². The van der Waals surface area contributed by atoms with Crippen molar-refractivity contribution in [2.75, 3.05) is 0 Å². The number of aromatic nitrogens is 1. The van der Waals surface area contributed by atoms with E-state index in [2.05, 4.69) is 11.5 Å². The molecule has 0 bridgehead atoms. The van der Waals surface area contributed by atoms with Crippen LogP contribution in [0.1, 0.15) is 68.6 Å². The van der Waals surface area contributed by atoms with Crippen LogP contribution in [0.5, 0.6) is 0 Å². The first kappa shape index (κ1) is 19.4. The number of primary amides is 1. The highest BCUT2D eigenvalue weighted by Crippen LogP contribution is 2.08. The fourth-order valence-corrected chi connectivity index (χ4v) is 2.24. The summed E-state index contributed by atoms with van der Waals surface area (Å²) < 4.78 is 2.05. The number of amides is 1. The predicted octanol–water partition coefficient (Wildman–Crippen LogP) is 0.218. The Balaban J connectivity index is 0.00000361. The molecule has 1 amide bonds. The molecule has 3 nitrogen and oxygen atoms in total. The van der Waals surface area contributed by atoms with Gasteiger partial charge in [0.1, 0.15) is 12.1 Å². The van der Waals surface area contributed by atoms with Gasteiger partial charge in [0.25, 0.3) is 5.91 Å². The average Bonchev–Trinajstić information content (AvgIpc) is 2.42. The van der Waals surface area contributed by atoms with Crippen LogP contribution in [0.15, 0.2) is 24.5 Å². The van der Waals surface area contributed by atoms with Crippen molar-refractivity contribution in [3.8, 4) is 0 Å². The molecule has 20 heavy (non-hydrogen) atoms. The van der Waals surface area contributed by atoms with Crippen LogP contribution in [-0.2, 0) is 6.54 Å². The largest absolute Gasteiger partial charge is 1.00 e. The lowest BCUT2D eigenvalue weighted by Gasteiger charge is -2.01. The van der Waals surface area contributed by atoms with Gasteiger partial charge in [0.15, 0.2) is 12.4 Å². The van der Waals surface area contributed by atoms with Crippen molar-refractivity contribution < 1.29 is 33.3 Å². The van der Waals surface area contributed by atoms with E-state index in [1.807, 2.05) is 18.5 Å². The molecule has 0 atom stereocenters. The van der Waals surface area contributed by atoms with Gasteiger partial charge in [-0.2, -0.15) is 0 Å². The van der Waals surface area contributed by atoms with Crippen LogP contribution >= 0.6 is 0 Å². The van der Waals surface area contributed by atoms with Crippen LogP contribution in [0.4, 0.5) is 0 Å². The van der Waals surface area contributed by atoms with Crippen LogP contribution in [0.2, 0.25) is 0 Å². The van der Waals surface area contributed by atoms with E-state index in [0.717, 1.165) is 6.54 Å². The normalized spacial score (nSPS) is 10.1. The van der Waals surface area contributed by atoms with E-state index in [0.29, 0.717) is 5.56 Å². The van der Waals surface area contributed by atoms with E-state index >= 15 is 0 Å². The molecule has 0 aliphatic carbocycles. The number of pyridine rings is 1. The minimum atomic E-state index is -0.356. The molecule has 114 valence electrons. The lowest BCUT2D eigenvalue weighted by Crippen LogP contribution is -3.00. The van der Waals surface area contributed by atoms with Gasteiger partial charge in [0, 0.05) is 12.5 Å². The Bertz CT molecular complexity index is 382. The smallest absolute Gasteiger partial charge is 0.254 e. The molecule has 0 fully saturated rings. The lowest BCUT2D eigenvalue weighted by atomic mass is 10.1. The van der Waals surface area contributed by atoms with E-state index in [9.17, 15) is 4.79 Å². The molecular weight excluding hydrogens is 363 g/mol. The van der Waals surface area contributed by atoms with Crippen molar-refractivity contribution in [3.63, 3.8) is 0 Å². The molecule has 2 N–H and O–H groups in total. The second-order valence-electron chi connectivity index (χ2n) is 5.17. The molecule has 0 spiro atoms. The van der Waals surface area contributed by atoms with Crippen LogP contribution in [0.25, 0.3) is 0 Å². The summed E-state index contributed by atoms with van der Waals surface area (Å²) in [5, 5.41) is 0. The predicted molar refractivity (Wildman–Crippen MR) is 77.8 cm³/mol. The zero-order chi connectivity index (χ0) is 13.9. The molecule has 0 aliphatic rings. The second kappa shape index (κ2) is 12.1. The monoisotopic (exact) mass is 390 g/mol. The van der Waals surface area contributed by atoms with Gasteiger partial charge in [0.2, 0.25) is 0 Å². The maximum absolute atomic E-state index is 11.1. The Morgan fingerprint density at radius 2 is 1.70 bits per heavy atom. The molecule has 0 saturated carbocycles. The maximum Gasteiger partial charge on any atom is 0.254 e. The number of unbranched alkanes of at least 4 members (excludes halogenated alkanes) is 7. The van der Waals surface area contributed by atoms with Crippen LogP contribution in [0.3, 0.4) is 0 Å².